The van der Waals surface area contributed by atoms with Crippen molar-refractivity contribution >= 4 is 11.6 Å². The average Bonchev–Trinajstić information content (AvgIpc) is 2.75. The van der Waals surface area contributed by atoms with E-state index in [0.29, 0.717) is 19.0 Å². The molecule has 1 aromatic rings. The lowest BCUT2D eigenvalue weighted by Crippen LogP contribution is -2.31. The molecular weight excluding hydrogens is 226 g/mol. The maximum atomic E-state index is 11.9. The molecule has 0 saturated carbocycles. The molecule has 0 aromatic heterocycles. The van der Waals surface area contributed by atoms with Crippen LogP contribution in [0.4, 0.5) is 5.69 Å². The van der Waals surface area contributed by atoms with Crippen LogP contribution in [0.5, 0.6) is 0 Å². The van der Waals surface area contributed by atoms with E-state index in [1.165, 1.54) is 6.42 Å². The van der Waals surface area contributed by atoms with Gasteiger partial charge >= 0.3 is 0 Å². The number of hydrogen-bond acceptors (Lipinski definition) is 3. The number of carbonyl (C=O) groups is 1. The molecule has 1 saturated heterocycles. The Labute approximate surface area is 108 Å². The second kappa shape index (κ2) is 5.98. The van der Waals surface area contributed by atoms with Gasteiger partial charge in [-0.1, -0.05) is 19.1 Å². The minimum Gasteiger partial charge on any atom is -0.326 e. The number of rotatable bonds is 4. The number of nitrogens with zero attached hydrogens (tertiary/aromatic N) is 1. The molecule has 2 rings (SSSR count). The monoisotopic (exact) mass is 247 g/mol. The van der Waals surface area contributed by atoms with Gasteiger partial charge in [0.05, 0.1) is 6.54 Å². The first-order valence-electron chi connectivity index (χ1n) is 6.48. The van der Waals surface area contributed by atoms with E-state index in [9.17, 15) is 4.79 Å². The predicted molar refractivity (Wildman–Crippen MR) is 73.2 cm³/mol. The number of anilines is 1. The third-order valence-corrected chi connectivity index (χ3v) is 3.35. The van der Waals surface area contributed by atoms with Crippen molar-refractivity contribution in [3.63, 3.8) is 0 Å². The number of likely N-dealkylation sites (tertiary alicyclic amines) is 1. The largest absolute Gasteiger partial charge is 0.326 e. The van der Waals surface area contributed by atoms with Crippen LogP contribution >= 0.6 is 0 Å². The third-order valence-electron chi connectivity index (χ3n) is 3.35. The molecule has 1 atom stereocenters. The molecule has 1 heterocycles. The van der Waals surface area contributed by atoms with Gasteiger partial charge in [0.2, 0.25) is 5.91 Å². The second-order valence-electron chi connectivity index (χ2n) is 5.08. The minimum absolute atomic E-state index is 0.0598. The molecule has 0 bridgehead atoms. The molecule has 0 radical (unpaired) electrons. The third kappa shape index (κ3) is 3.55. The number of carbonyl (C=O) groups excluding carboxylic acids is 1. The van der Waals surface area contributed by atoms with Gasteiger partial charge in [-0.3, -0.25) is 9.69 Å². The first-order chi connectivity index (χ1) is 8.67. The molecule has 18 heavy (non-hydrogen) atoms. The van der Waals surface area contributed by atoms with Crippen LogP contribution in [0.25, 0.3) is 0 Å². The molecule has 98 valence electrons. The first kappa shape index (κ1) is 13.1. The number of nitrogens with one attached hydrogen (secondary N) is 1. The molecule has 4 nitrogen and oxygen atoms in total. The molecule has 4 heteroatoms. The SMILES string of the molecule is CC1CCN(CC(=O)Nc2ccc(CN)cc2)C1. The van der Waals surface area contributed by atoms with Crippen molar-refractivity contribution in [2.75, 3.05) is 25.0 Å². The Morgan fingerprint density at radius 1 is 1.44 bits per heavy atom. The Hall–Kier alpha value is -1.39. The van der Waals surface area contributed by atoms with Gasteiger partial charge in [0.15, 0.2) is 0 Å². The fourth-order valence-electron chi connectivity index (χ4n) is 2.30. The summed E-state index contributed by atoms with van der Waals surface area (Å²) >= 11 is 0. The molecular formula is C14H21N3O. The summed E-state index contributed by atoms with van der Waals surface area (Å²) < 4.78 is 0. The zero-order valence-corrected chi connectivity index (χ0v) is 10.9. The Bertz CT molecular complexity index is 402. The van der Waals surface area contributed by atoms with Crippen LogP contribution < -0.4 is 11.1 Å². The van der Waals surface area contributed by atoms with Crippen LogP contribution in [-0.4, -0.2) is 30.4 Å². The molecule has 1 unspecified atom stereocenters. The quantitative estimate of drug-likeness (QED) is 0.846. The van der Waals surface area contributed by atoms with Crippen LogP contribution in [0.1, 0.15) is 18.9 Å². The first-order valence-corrected chi connectivity index (χ1v) is 6.48. The highest BCUT2D eigenvalue weighted by atomic mass is 16.2. The lowest BCUT2D eigenvalue weighted by Gasteiger charge is -2.14. The molecule has 3 N–H and O–H groups in total. The summed E-state index contributed by atoms with van der Waals surface area (Å²) in [6.45, 7) is 5.30. The van der Waals surface area contributed by atoms with E-state index in [1.54, 1.807) is 0 Å². The number of nitrogens with two attached hydrogens (primary N) is 1. The fourth-order valence-corrected chi connectivity index (χ4v) is 2.30. The van der Waals surface area contributed by atoms with E-state index in [-0.39, 0.29) is 5.91 Å². The summed E-state index contributed by atoms with van der Waals surface area (Å²) in [6, 6.07) is 7.67. The molecule has 0 aliphatic carbocycles. The summed E-state index contributed by atoms with van der Waals surface area (Å²) in [4.78, 5) is 14.1. The standard InChI is InChI=1S/C14H21N3O/c1-11-6-7-17(9-11)10-14(18)16-13-4-2-12(8-15)3-5-13/h2-5,11H,6-10,15H2,1H3,(H,16,18). The van der Waals surface area contributed by atoms with Crippen LogP contribution in [-0.2, 0) is 11.3 Å². The highest BCUT2D eigenvalue weighted by Gasteiger charge is 2.20. The van der Waals surface area contributed by atoms with Crippen LogP contribution in [0.15, 0.2) is 24.3 Å². The smallest absolute Gasteiger partial charge is 0.238 e. The molecule has 1 aliphatic rings. The van der Waals surface area contributed by atoms with E-state index in [1.807, 2.05) is 24.3 Å². The number of benzene rings is 1. The minimum atomic E-state index is 0.0598. The maximum absolute atomic E-state index is 11.9. The van der Waals surface area contributed by atoms with Crippen molar-refractivity contribution in [1.29, 1.82) is 0 Å². The summed E-state index contributed by atoms with van der Waals surface area (Å²) in [7, 11) is 0. The van der Waals surface area contributed by atoms with Gasteiger partial charge in [-0.25, -0.2) is 0 Å². The van der Waals surface area contributed by atoms with Crippen LogP contribution in [0, 0.1) is 5.92 Å². The van der Waals surface area contributed by atoms with E-state index in [4.69, 9.17) is 5.73 Å². The van der Waals surface area contributed by atoms with E-state index >= 15 is 0 Å². The van der Waals surface area contributed by atoms with E-state index in [2.05, 4.69) is 17.1 Å². The van der Waals surface area contributed by atoms with Gasteiger partial charge in [0, 0.05) is 18.8 Å². The zero-order valence-electron chi connectivity index (χ0n) is 10.9. The van der Waals surface area contributed by atoms with Crippen molar-refractivity contribution in [2.24, 2.45) is 11.7 Å². The maximum Gasteiger partial charge on any atom is 0.238 e. The van der Waals surface area contributed by atoms with Gasteiger partial charge in [-0.05, 0) is 36.6 Å². The molecule has 1 amide bonds. The van der Waals surface area contributed by atoms with Crippen LogP contribution in [0.3, 0.4) is 0 Å². The Morgan fingerprint density at radius 2 is 2.17 bits per heavy atom. The normalized spacial score (nSPS) is 20.0. The van der Waals surface area contributed by atoms with Gasteiger partial charge in [-0.15, -0.1) is 0 Å². The lowest BCUT2D eigenvalue weighted by atomic mass is 10.2. The number of amides is 1. The van der Waals surface area contributed by atoms with Crippen LogP contribution in [0.2, 0.25) is 0 Å². The van der Waals surface area contributed by atoms with E-state index in [0.717, 1.165) is 24.3 Å². The fraction of sp³-hybridized carbons (Fsp3) is 0.500. The highest BCUT2D eigenvalue weighted by molar-refractivity contribution is 5.92. The summed E-state index contributed by atoms with van der Waals surface area (Å²) in [5.41, 5.74) is 7.44. The molecule has 0 spiro atoms. The Kier molecular flexibility index (Phi) is 4.33. The van der Waals surface area contributed by atoms with Crippen molar-refractivity contribution in [3.05, 3.63) is 29.8 Å². The second-order valence-corrected chi connectivity index (χ2v) is 5.08. The van der Waals surface area contributed by atoms with Crippen molar-refractivity contribution in [1.82, 2.24) is 4.90 Å². The predicted octanol–water partition coefficient (Wildman–Crippen LogP) is 1.43. The van der Waals surface area contributed by atoms with Gasteiger partial charge in [0.25, 0.3) is 0 Å². The highest BCUT2D eigenvalue weighted by Crippen LogP contribution is 2.15. The van der Waals surface area contributed by atoms with Gasteiger partial charge < -0.3 is 11.1 Å². The summed E-state index contributed by atoms with van der Waals surface area (Å²) in [6.07, 6.45) is 1.19. The van der Waals surface area contributed by atoms with Crippen molar-refractivity contribution in [2.45, 2.75) is 19.9 Å². The zero-order chi connectivity index (χ0) is 13.0. The number of hydrogen-bond donors (Lipinski definition) is 2. The van der Waals surface area contributed by atoms with E-state index < -0.39 is 0 Å². The van der Waals surface area contributed by atoms with Crippen molar-refractivity contribution < 1.29 is 4.79 Å². The van der Waals surface area contributed by atoms with Crippen molar-refractivity contribution in [3.8, 4) is 0 Å². The van der Waals surface area contributed by atoms with Gasteiger partial charge in [-0.2, -0.15) is 0 Å². The molecule has 1 aliphatic heterocycles. The molecule has 1 aromatic carbocycles. The summed E-state index contributed by atoms with van der Waals surface area (Å²) in [5.74, 6) is 0.770. The average molecular weight is 247 g/mol. The summed E-state index contributed by atoms with van der Waals surface area (Å²) in [5, 5.41) is 2.91. The Morgan fingerprint density at radius 3 is 2.72 bits per heavy atom. The topological polar surface area (TPSA) is 58.4 Å². The lowest BCUT2D eigenvalue weighted by molar-refractivity contribution is -0.117. The Balaban J connectivity index is 1.83. The van der Waals surface area contributed by atoms with Gasteiger partial charge in [0.1, 0.15) is 0 Å². The molecule has 1 fully saturated rings.